The zero-order valence-corrected chi connectivity index (χ0v) is 18.7. The molecule has 0 saturated carbocycles. The minimum absolute atomic E-state index is 0. The summed E-state index contributed by atoms with van der Waals surface area (Å²) in [6.07, 6.45) is 0.855. The molecule has 7 heteroatoms. The normalized spacial score (nSPS) is 10.7. The molecule has 2 aromatic rings. The van der Waals surface area contributed by atoms with Gasteiger partial charge in [-0.15, -0.1) is 24.0 Å². The summed E-state index contributed by atoms with van der Waals surface area (Å²) < 4.78 is 0. The van der Waals surface area contributed by atoms with E-state index in [0.717, 1.165) is 29.5 Å². The minimum Gasteiger partial charge on any atom is -0.356 e. The average Bonchev–Trinajstić information content (AvgIpc) is 2.65. The van der Waals surface area contributed by atoms with E-state index in [1.807, 2.05) is 49.4 Å². The number of halogens is 2. The summed E-state index contributed by atoms with van der Waals surface area (Å²) >= 11 is 6.00. The molecule has 0 aliphatic carbocycles. The van der Waals surface area contributed by atoms with Crippen molar-refractivity contribution in [1.29, 1.82) is 0 Å². The summed E-state index contributed by atoms with van der Waals surface area (Å²) in [5, 5.41) is 10.1. The van der Waals surface area contributed by atoms with Crippen LogP contribution in [0.1, 0.15) is 28.4 Å². The van der Waals surface area contributed by atoms with Crippen molar-refractivity contribution >= 4 is 47.4 Å². The molecule has 1 amide bonds. The number of guanidine groups is 1. The van der Waals surface area contributed by atoms with Gasteiger partial charge in [0.15, 0.2) is 5.96 Å². The smallest absolute Gasteiger partial charge is 0.251 e. The monoisotopic (exact) mass is 500 g/mol. The van der Waals surface area contributed by atoms with Crippen molar-refractivity contribution in [3.63, 3.8) is 0 Å². The first-order chi connectivity index (χ1) is 12.6. The molecule has 27 heavy (non-hydrogen) atoms. The number of rotatable bonds is 7. The maximum absolute atomic E-state index is 11.9. The summed E-state index contributed by atoms with van der Waals surface area (Å²) in [6, 6.07) is 15.4. The van der Waals surface area contributed by atoms with Gasteiger partial charge in [-0.3, -0.25) is 9.79 Å². The van der Waals surface area contributed by atoms with Gasteiger partial charge < -0.3 is 16.0 Å². The second-order valence-electron chi connectivity index (χ2n) is 5.79. The van der Waals surface area contributed by atoms with Gasteiger partial charge in [0.2, 0.25) is 0 Å². The van der Waals surface area contributed by atoms with Gasteiger partial charge in [0.25, 0.3) is 5.91 Å². The van der Waals surface area contributed by atoms with Gasteiger partial charge in [-0.2, -0.15) is 0 Å². The molecule has 0 bridgehead atoms. The molecule has 0 aliphatic heterocycles. The number of hydrogen-bond donors (Lipinski definition) is 3. The molecule has 0 aliphatic rings. The summed E-state index contributed by atoms with van der Waals surface area (Å²) in [5.74, 6) is 0.661. The molecule has 5 nitrogen and oxygen atoms in total. The quantitative estimate of drug-likeness (QED) is 0.309. The van der Waals surface area contributed by atoms with Crippen LogP contribution < -0.4 is 16.0 Å². The number of nitrogens with zero attached hydrogens (tertiary/aromatic N) is 1. The minimum atomic E-state index is -0.0571. The van der Waals surface area contributed by atoms with Gasteiger partial charge in [-0.05, 0) is 48.7 Å². The molecule has 0 saturated heterocycles. The van der Waals surface area contributed by atoms with Crippen molar-refractivity contribution in [2.45, 2.75) is 19.9 Å². The van der Waals surface area contributed by atoms with E-state index in [0.29, 0.717) is 18.7 Å². The molecule has 2 rings (SSSR count). The van der Waals surface area contributed by atoms with Crippen molar-refractivity contribution in [1.82, 2.24) is 16.0 Å². The second kappa shape index (κ2) is 12.6. The van der Waals surface area contributed by atoms with E-state index in [1.165, 1.54) is 5.56 Å². The molecular weight excluding hydrogens is 475 g/mol. The lowest BCUT2D eigenvalue weighted by molar-refractivity contribution is 0.0955. The first-order valence-corrected chi connectivity index (χ1v) is 9.06. The van der Waals surface area contributed by atoms with Crippen LogP contribution in [0.15, 0.2) is 53.5 Å². The average molecular weight is 501 g/mol. The van der Waals surface area contributed by atoms with E-state index in [1.54, 1.807) is 7.05 Å². The van der Waals surface area contributed by atoms with Crippen LogP contribution >= 0.6 is 35.6 Å². The third-order valence-electron chi connectivity index (χ3n) is 3.81. The number of nitrogens with one attached hydrogen (secondary N) is 3. The molecule has 0 heterocycles. The molecule has 0 spiro atoms. The van der Waals surface area contributed by atoms with E-state index >= 15 is 0 Å². The lowest BCUT2D eigenvalue weighted by Gasteiger charge is -2.12. The van der Waals surface area contributed by atoms with Gasteiger partial charge >= 0.3 is 0 Å². The number of amides is 1. The lowest BCUT2D eigenvalue weighted by Crippen LogP contribution is -2.37. The third-order valence-corrected chi connectivity index (χ3v) is 4.04. The summed E-state index contributed by atoms with van der Waals surface area (Å²) in [4.78, 5) is 16.1. The zero-order valence-electron chi connectivity index (χ0n) is 15.6. The molecule has 0 atom stereocenters. The van der Waals surface area contributed by atoms with Gasteiger partial charge in [0.1, 0.15) is 0 Å². The predicted molar refractivity (Wildman–Crippen MR) is 123 cm³/mol. The highest BCUT2D eigenvalue weighted by molar-refractivity contribution is 14.0. The van der Waals surface area contributed by atoms with E-state index in [9.17, 15) is 4.79 Å². The van der Waals surface area contributed by atoms with Crippen LogP contribution in [0.3, 0.4) is 0 Å². The van der Waals surface area contributed by atoms with Gasteiger partial charge in [0, 0.05) is 37.3 Å². The Kier molecular flexibility index (Phi) is 10.8. The second-order valence-corrected chi connectivity index (χ2v) is 6.23. The zero-order chi connectivity index (χ0) is 18.8. The SMILES string of the molecule is CCNC(=O)c1cccc(CNC(=NC)NCCc2cccc(Cl)c2)c1.I. The van der Waals surface area contributed by atoms with Gasteiger partial charge in [-0.25, -0.2) is 0 Å². The first-order valence-electron chi connectivity index (χ1n) is 8.68. The van der Waals surface area contributed by atoms with Crippen molar-refractivity contribution in [3.8, 4) is 0 Å². The fourth-order valence-electron chi connectivity index (χ4n) is 2.51. The Labute approximate surface area is 183 Å². The van der Waals surface area contributed by atoms with Gasteiger partial charge in [-0.1, -0.05) is 35.9 Å². The van der Waals surface area contributed by atoms with E-state index < -0.39 is 0 Å². The number of hydrogen-bond acceptors (Lipinski definition) is 2. The van der Waals surface area contributed by atoms with Crippen LogP contribution in [0.25, 0.3) is 0 Å². The van der Waals surface area contributed by atoms with E-state index in [-0.39, 0.29) is 29.9 Å². The van der Waals surface area contributed by atoms with Crippen LogP contribution in [0.4, 0.5) is 0 Å². The van der Waals surface area contributed by atoms with Crippen molar-refractivity contribution in [3.05, 3.63) is 70.2 Å². The van der Waals surface area contributed by atoms with E-state index in [4.69, 9.17) is 11.6 Å². The maximum Gasteiger partial charge on any atom is 0.251 e. The number of benzene rings is 2. The summed E-state index contributed by atoms with van der Waals surface area (Å²) in [7, 11) is 1.74. The van der Waals surface area contributed by atoms with Crippen LogP contribution in [0, 0.1) is 0 Å². The van der Waals surface area contributed by atoms with E-state index in [2.05, 4.69) is 27.0 Å². The molecule has 2 aromatic carbocycles. The van der Waals surface area contributed by atoms with Crippen LogP contribution in [0.2, 0.25) is 5.02 Å². The Morgan fingerprint density at radius 3 is 2.48 bits per heavy atom. The van der Waals surface area contributed by atoms with Crippen LogP contribution in [-0.2, 0) is 13.0 Å². The van der Waals surface area contributed by atoms with Crippen molar-refractivity contribution in [2.75, 3.05) is 20.1 Å². The largest absolute Gasteiger partial charge is 0.356 e. The molecular formula is C20H26ClIN4O. The molecule has 0 radical (unpaired) electrons. The Morgan fingerprint density at radius 2 is 1.78 bits per heavy atom. The van der Waals surface area contributed by atoms with Crippen molar-refractivity contribution in [2.24, 2.45) is 4.99 Å². The van der Waals surface area contributed by atoms with Crippen molar-refractivity contribution < 1.29 is 4.79 Å². The highest BCUT2D eigenvalue weighted by Crippen LogP contribution is 2.10. The maximum atomic E-state index is 11.9. The molecule has 0 fully saturated rings. The molecule has 0 unspecified atom stereocenters. The number of carbonyl (C=O) groups excluding carboxylic acids is 1. The number of carbonyl (C=O) groups is 1. The standard InChI is InChI=1S/C20H25ClN4O.HI/c1-3-23-19(26)17-8-4-7-16(12-17)14-25-20(22-2)24-11-10-15-6-5-9-18(21)13-15;/h4-9,12-13H,3,10-11,14H2,1-2H3,(H,23,26)(H2,22,24,25);1H. The van der Waals surface area contributed by atoms with Crippen LogP contribution in [-0.4, -0.2) is 32.0 Å². The molecule has 0 aromatic heterocycles. The lowest BCUT2D eigenvalue weighted by atomic mass is 10.1. The first kappa shape index (κ1) is 23.2. The fourth-order valence-corrected chi connectivity index (χ4v) is 2.72. The Morgan fingerprint density at radius 1 is 1.04 bits per heavy atom. The fraction of sp³-hybridized carbons (Fsp3) is 0.300. The number of aliphatic imine (C=N–C) groups is 1. The van der Waals surface area contributed by atoms with Gasteiger partial charge in [0.05, 0.1) is 0 Å². The topological polar surface area (TPSA) is 65.5 Å². The Balaban J connectivity index is 0.00000364. The molecule has 3 N–H and O–H groups in total. The Hall–Kier alpha value is -1.80. The molecule has 146 valence electrons. The highest BCUT2D eigenvalue weighted by atomic mass is 127. The third kappa shape index (κ3) is 8.17. The predicted octanol–water partition coefficient (Wildman–Crippen LogP) is 3.62. The summed E-state index contributed by atoms with van der Waals surface area (Å²) in [5.41, 5.74) is 2.86. The highest BCUT2D eigenvalue weighted by Gasteiger charge is 2.05. The summed E-state index contributed by atoms with van der Waals surface area (Å²) in [6.45, 7) is 3.86. The Bertz CT molecular complexity index is 767. The van der Waals surface area contributed by atoms with Crippen LogP contribution in [0.5, 0.6) is 0 Å².